The van der Waals surface area contributed by atoms with Gasteiger partial charge in [0.15, 0.2) is 0 Å². The molecule has 0 radical (unpaired) electrons. The molecule has 2 rings (SSSR count). The fraction of sp³-hybridized carbons (Fsp3) is 0.385. The van der Waals surface area contributed by atoms with E-state index in [-0.39, 0.29) is 0 Å². The maximum atomic E-state index is 5.41. The molecule has 0 spiro atoms. The van der Waals surface area contributed by atoms with Crippen LogP contribution >= 0.6 is 0 Å². The van der Waals surface area contributed by atoms with Gasteiger partial charge in [-0.3, -0.25) is 0 Å². The molecular weight excluding hydrogens is 214 g/mol. The van der Waals surface area contributed by atoms with E-state index in [1.165, 1.54) is 11.1 Å². The zero-order chi connectivity index (χ0) is 12.3. The molecule has 0 unspecified atom stereocenters. The molecule has 0 fully saturated rings. The van der Waals surface area contributed by atoms with E-state index in [0.717, 1.165) is 0 Å². The molecule has 0 bridgehead atoms. The van der Waals surface area contributed by atoms with E-state index in [2.05, 4.69) is 48.3 Å². The Bertz CT molecular complexity index is 474. The molecule has 90 valence electrons. The SMILES string of the molecule is CC(C)c1ccc(Cc2nnc(CN)o2)cc1. The highest BCUT2D eigenvalue weighted by molar-refractivity contribution is 5.26. The Hall–Kier alpha value is -1.68. The topological polar surface area (TPSA) is 64.9 Å². The summed E-state index contributed by atoms with van der Waals surface area (Å²) >= 11 is 0. The Labute approximate surface area is 101 Å². The summed E-state index contributed by atoms with van der Waals surface area (Å²) in [5.41, 5.74) is 7.92. The van der Waals surface area contributed by atoms with Gasteiger partial charge in [-0.05, 0) is 17.0 Å². The fourth-order valence-corrected chi connectivity index (χ4v) is 1.64. The lowest BCUT2D eigenvalue weighted by molar-refractivity contribution is 0.459. The number of rotatable bonds is 4. The van der Waals surface area contributed by atoms with Crippen LogP contribution in [0.5, 0.6) is 0 Å². The molecule has 0 aliphatic rings. The van der Waals surface area contributed by atoms with Gasteiger partial charge in [-0.25, -0.2) is 0 Å². The second-order valence-electron chi connectivity index (χ2n) is 4.37. The Morgan fingerprint density at radius 1 is 1.12 bits per heavy atom. The van der Waals surface area contributed by atoms with Crippen molar-refractivity contribution in [2.75, 3.05) is 0 Å². The van der Waals surface area contributed by atoms with E-state index >= 15 is 0 Å². The van der Waals surface area contributed by atoms with Crippen molar-refractivity contribution in [2.24, 2.45) is 5.73 Å². The molecule has 2 aromatic rings. The van der Waals surface area contributed by atoms with E-state index < -0.39 is 0 Å². The summed E-state index contributed by atoms with van der Waals surface area (Å²) < 4.78 is 5.37. The minimum Gasteiger partial charge on any atom is -0.424 e. The zero-order valence-electron chi connectivity index (χ0n) is 10.2. The highest BCUT2D eigenvalue weighted by Gasteiger charge is 2.06. The highest BCUT2D eigenvalue weighted by atomic mass is 16.4. The van der Waals surface area contributed by atoms with Gasteiger partial charge in [-0.15, -0.1) is 10.2 Å². The van der Waals surface area contributed by atoms with Gasteiger partial charge in [0.1, 0.15) is 0 Å². The van der Waals surface area contributed by atoms with Gasteiger partial charge in [-0.1, -0.05) is 38.1 Å². The maximum Gasteiger partial charge on any atom is 0.230 e. The van der Waals surface area contributed by atoms with Crippen LogP contribution in [0.1, 0.15) is 42.7 Å². The van der Waals surface area contributed by atoms with Gasteiger partial charge in [0.05, 0.1) is 13.0 Å². The average molecular weight is 231 g/mol. The van der Waals surface area contributed by atoms with Gasteiger partial charge in [0.2, 0.25) is 11.8 Å². The number of nitrogens with two attached hydrogens (primary N) is 1. The van der Waals surface area contributed by atoms with Crippen LogP contribution in [0.2, 0.25) is 0 Å². The van der Waals surface area contributed by atoms with Crippen LogP contribution < -0.4 is 5.73 Å². The summed E-state index contributed by atoms with van der Waals surface area (Å²) in [6.45, 7) is 4.65. The smallest absolute Gasteiger partial charge is 0.230 e. The summed E-state index contributed by atoms with van der Waals surface area (Å²) in [6.07, 6.45) is 0.658. The molecule has 2 N–H and O–H groups in total. The van der Waals surface area contributed by atoms with Gasteiger partial charge in [0.25, 0.3) is 0 Å². The van der Waals surface area contributed by atoms with E-state index in [0.29, 0.717) is 30.7 Å². The van der Waals surface area contributed by atoms with Crippen molar-refractivity contribution < 1.29 is 4.42 Å². The Morgan fingerprint density at radius 2 is 1.76 bits per heavy atom. The lowest BCUT2D eigenvalue weighted by Gasteiger charge is -2.05. The van der Waals surface area contributed by atoms with Crippen LogP contribution in [0.4, 0.5) is 0 Å². The van der Waals surface area contributed by atoms with Gasteiger partial charge < -0.3 is 10.2 Å². The molecule has 17 heavy (non-hydrogen) atoms. The molecule has 0 atom stereocenters. The maximum absolute atomic E-state index is 5.41. The second kappa shape index (κ2) is 5.10. The molecule has 1 aromatic heterocycles. The van der Waals surface area contributed by atoms with Crippen LogP contribution in [-0.2, 0) is 13.0 Å². The highest BCUT2D eigenvalue weighted by Crippen LogP contribution is 2.16. The molecule has 0 saturated heterocycles. The van der Waals surface area contributed by atoms with Crippen molar-refractivity contribution in [1.29, 1.82) is 0 Å². The van der Waals surface area contributed by atoms with Crippen molar-refractivity contribution in [2.45, 2.75) is 32.7 Å². The van der Waals surface area contributed by atoms with Crippen molar-refractivity contribution in [3.05, 3.63) is 47.2 Å². The number of hydrogen-bond acceptors (Lipinski definition) is 4. The summed E-state index contributed by atoms with van der Waals surface area (Å²) in [5, 5.41) is 7.78. The van der Waals surface area contributed by atoms with E-state index in [4.69, 9.17) is 10.2 Å². The first kappa shape index (κ1) is 11.8. The first-order chi connectivity index (χ1) is 8.19. The third-order valence-corrected chi connectivity index (χ3v) is 2.69. The molecule has 1 heterocycles. The Balaban J connectivity index is 2.08. The summed E-state index contributed by atoms with van der Waals surface area (Å²) in [6, 6.07) is 8.48. The summed E-state index contributed by atoms with van der Waals surface area (Å²) in [5.74, 6) is 1.65. The lowest BCUT2D eigenvalue weighted by Crippen LogP contribution is -1.95. The molecule has 0 amide bonds. The van der Waals surface area contributed by atoms with Gasteiger partial charge >= 0.3 is 0 Å². The first-order valence-corrected chi connectivity index (χ1v) is 5.79. The third-order valence-electron chi connectivity index (χ3n) is 2.69. The van der Waals surface area contributed by atoms with Crippen LogP contribution in [0.3, 0.4) is 0 Å². The number of benzene rings is 1. The monoisotopic (exact) mass is 231 g/mol. The van der Waals surface area contributed by atoms with Crippen molar-refractivity contribution in [1.82, 2.24) is 10.2 Å². The third kappa shape index (κ3) is 2.91. The molecule has 0 saturated carbocycles. The predicted molar refractivity (Wildman–Crippen MR) is 65.5 cm³/mol. The number of hydrogen-bond donors (Lipinski definition) is 1. The standard InChI is InChI=1S/C13H17N3O/c1-9(2)11-5-3-10(4-6-11)7-12-15-16-13(8-14)17-12/h3-6,9H,7-8,14H2,1-2H3. The Kier molecular flexibility index (Phi) is 3.54. The zero-order valence-corrected chi connectivity index (χ0v) is 10.2. The lowest BCUT2D eigenvalue weighted by atomic mass is 10.0. The van der Waals surface area contributed by atoms with Crippen molar-refractivity contribution >= 4 is 0 Å². The quantitative estimate of drug-likeness (QED) is 0.876. The summed E-state index contributed by atoms with van der Waals surface area (Å²) in [4.78, 5) is 0. The molecule has 4 heteroatoms. The predicted octanol–water partition coefficient (Wildman–Crippen LogP) is 2.24. The fourth-order valence-electron chi connectivity index (χ4n) is 1.64. The summed E-state index contributed by atoms with van der Waals surface area (Å²) in [7, 11) is 0. The minimum absolute atomic E-state index is 0.291. The van der Waals surface area contributed by atoms with Crippen LogP contribution in [0.25, 0.3) is 0 Å². The largest absolute Gasteiger partial charge is 0.424 e. The first-order valence-electron chi connectivity index (χ1n) is 5.79. The molecular formula is C13H17N3O. The van der Waals surface area contributed by atoms with Gasteiger partial charge in [0, 0.05) is 0 Å². The average Bonchev–Trinajstić information content (AvgIpc) is 2.77. The number of aromatic nitrogens is 2. The molecule has 0 aliphatic carbocycles. The van der Waals surface area contributed by atoms with Crippen molar-refractivity contribution in [3.63, 3.8) is 0 Å². The molecule has 4 nitrogen and oxygen atoms in total. The Morgan fingerprint density at radius 3 is 2.29 bits per heavy atom. The van der Waals surface area contributed by atoms with E-state index in [1.54, 1.807) is 0 Å². The van der Waals surface area contributed by atoms with E-state index in [9.17, 15) is 0 Å². The van der Waals surface area contributed by atoms with Crippen molar-refractivity contribution in [3.8, 4) is 0 Å². The molecule has 1 aromatic carbocycles. The van der Waals surface area contributed by atoms with Crippen LogP contribution in [0, 0.1) is 0 Å². The normalized spacial score (nSPS) is 11.1. The van der Waals surface area contributed by atoms with Crippen LogP contribution in [-0.4, -0.2) is 10.2 Å². The van der Waals surface area contributed by atoms with Gasteiger partial charge in [-0.2, -0.15) is 0 Å². The minimum atomic E-state index is 0.291. The molecule has 0 aliphatic heterocycles. The second-order valence-corrected chi connectivity index (χ2v) is 4.37. The van der Waals surface area contributed by atoms with E-state index in [1.807, 2.05) is 0 Å². The number of nitrogens with zero attached hydrogens (tertiary/aromatic N) is 2. The van der Waals surface area contributed by atoms with Crippen LogP contribution in [0.15, 0.2) is 28.7 Å².